The molecule has 1 aliphatic heterocycles. The molecule has 1 saturated heterocycles. The highest BCUT2D eigenvalue weighted by Crippen LogP contribution is 2.30. The number of carbonyl (C=O) groups is 1. The van der Waals surface area contributed by atoms with Crippen LogP contribution in [0.3, 0.4) is 0 Å². The Bertz CT molecular complexity index is 1640. The predicted octanol–water partition coefficient (Wildman–Crippen LogP) is 4.80. The van der Waals surface area contributed by atoms with Gasteiger partial charge in [-0.2, -0.15) is 4.31 Å². The highest BCUT2D eigenvalue weighted by molar-refractivity contribution is 7.89. The van der Waals surface area contributed by atoms with Crippen LogP contribution < -0.4 is 16.4 Å². The Morgan fingerprint density at radius 3 is 2.11 bits per heavy atom. The maximum atomic E-state index is 15.2. The highest BCUT2D eigenvalue weighted by atomic mass is 32.2. The van der Waals surface area contributed by atoms with E-state index in [2.05, 4.69) is 10.6 Å². The number of rotatable bonds is 10. The normalized spacial score (nSPS) is 16.5. The average Bonchev–Trinajstić information content (AvgIpc) is 3.03. The summed E-state index contributed by atoms with van der Waals surface area (Å²) >= 11 is 0. The first-order valence-corrected chi connectivity index (χ1v) is 15.7. The third kappa shape index (κ3) is 7.02. The predicted molar refractivity (Wildman–Crippen MR) is 163 cm³/mol. The molecule has 0 spiro atoms. The van der Waals surface area contributed by atoms with Crippen LogP contribution in [0.2, 0.25) is 0 Å². The Morgan fingerprint density at radius 2 is 1.50 bits per heavy atom. The highest BCUT2D eigenvalue weighted by Gasteiger charge is 2.34. The van der Waals surface area contributed by atoms with E-state index < -0.39 is 51.4 Å². The van der Waals surface area contributed by atoms with E-state index in [0.717, 1.165) is 0 Å². The van der Waals surface area contributed by atoms with Crippen molar-refractivity contribution < 1.29 is 26.4 Å². The molecule has 0 unspecified atom stereocenters. The van der Waals surface area contributed by atoms with Gasteiger partial charge in [0.15, 0.2) is 0 Å². The second-order valence-corrected chi connectivity index (χ2v) is 12.6. The van der Waals surface area contributed by atoms with Crippen molar-refractivity contribution in [3.05, 3.63) is 131 Å². The van der Waals surface area contributed by atoms with E-state index in [-0.39, 0.29) is 29.1 Å². The van der Waals surface area contributed by atoms with Gasteiger partial charge in [-0.05, 0) is 72.5 Å². The number of hydrogen-bond donors (Lipinski definition) is 3. The molecule has 2 atom stereocenters. The molecule has 1 heterocycles. The van der Waals surface area contributed by atoms with Crippen LogP contribution in [0.1, 0.15) is 29.0 Å². The van der Waals surface area contributed by atoms with E-state index >= 15 is 4.39 Å². The lowest BCUT2D eigenvalue weighted by Gasteiger charge is -2.35. The van der Waals surface area contributed by atoms with Gasteiger partial charge >= 0.3 is 0 Å². The van der Waals surface area contributed by atoms with E-state index in [0.29, 0.717) is 30.6 Å². The summed E-state index contributed by atoms with van der Waals surface area (Å²) in [5, 5.41) is 5.97. The molecule has 11 heteroatoms. The van der Waals surface area contributed by atoms with E-state index in [1.54, 1.807) is 36.4 Å². The summed E-state index contributed by atoms with van der Waals surface area (Å²) in [5.41, 5.74) is 8.00. The number of nitrogens with zero attached hydrogens (tertiary/aromatic N) is 1. The zero-order valence-corrected chi connectivity index (χ0v) is 24.6. The third-order valence-electron chi connectivity index (χ3n) is 7.87. The van der Waals surface area contributed by atoms with Crippen LogP contribution in [0.15, 0.2) is 102 Å². The number of amides is 1. The number of anilines is 1. The van der Waals surface area contributed by atoms with E-state index in [9.17, 15) is 22.0 Å². The third-order valence-corrected chi connectivity index (χ3v) is 9.84. The molecule has 0 aliphatic carbocycles. The fourth-order valence-electron chi connectivity index (χ4n) is 5.59. The van der Waals surface area contributed by atoms with Gasteiger partial charge in [-0.25, -0.2) is 21.6 Å². The zero-order valence-electron chi connectivity index (χ0n) is 23.8. The molecule has 7 nitrogen and oxygen atoms in total. The molecule has 1 amide bonds. The number of nitrogens with one attached hydrogen (secondary N) is 2. The number of hydrogen-bond acceptors (Lipinski definition) is 5. The number of carbonyl (C=O) groups excluding carboxylic acids is 1. The van der Waals surface area contributed by atoms with Crippen molar-refractivity contribution in [2.75, 3.05) is 25.0 Å². The number of sulfonamides is 1. The lowest BCUT2D eigenvalue weighted by atomic mass is 9.85. The van der Waals surface area contributed by atoms with E-state index in [1.807, 2.05) is 0 Å². The minimum Gasteiger partial charge on any atom is -0.324 e. The molecule has 44 heavy (non-hydrogen) atoms. The number of piperazine rings is 1. The summed E-state index contributed by atoms with van der Waals surface area (Å²) in [4.78, 5) is 13.7. The summed E-state index contributed by atoms with van der Waals surface area (Å²) < 4.78 is 70.8. The zero-order chi connectivity index (χ0) is 31.3. The van der Waals surface area contributed by atoms with Gasteiger partial charge in [0.2, 0.25) is 15.9 Å². The van der Waals surface area contributed by atoms with Crippen LogP contribution >= 0.6 is 0 Å². The number of halogens is 3. The van der Waals surface area contributed by atoms with Crippen LogP contribution in [0.25, 0.3) is 0 Å². The molecule has 0 radical (unpaired) electrons. The molecule has 4 aromatic carbocycles. The topological polar surface area (TPSA) is 105 Å². The van der Waals surface area contributed by atoms with E-state index in [4.69, 9.17) is 5.73 Å². The quantitative estimate of drug-likeness (QED) is 0.236. The fourth-order valence-corrected chi connectivity index (χ4v) is 7.26. The Hall–Kier alpha value is -4.03. The Kier molecular flexibility index (Phi) is 9.80. The minimum absolute atomic E-state index is 0.143. The van der Waals surface area contributed by atoms with Crippen LogP contribution in [0, 0.1) is 17.5 Å². The average molecular weight is 623 g/mol. The number of nitrogens with two attached hydrogens (primary N) is 1. The number of benzene rings is 4. The van der Waals surface area contributed by atoms with Crippen molar-refractivity contribution in [1.82, 2.24) is 9.62 Å². The van der Waals surface area contributed by atoms with Crippen LogP contribution in [-0.4, -0.2) is 50.3 Å². The molecule has 0 aromatic heterocycles. The van der Waals surface area contributed by atoms with Gasteiger partial charge in [0.25, 0.3) is 0 Å². The van der Waals surface area contributed by atoms with Gasteiger partial charge < -0.3 is 16.4 Å². The van der Waals surface area contributed by atoms with Gasteiger partial charge in [0, 0.05) is 42.8 Å². The lowest BCUT2D eigenvalue weighted by Crippen LogP contribution is -2.53. The van der Waals surface area contributed by atoms with Gasteiger partial charge in [-0.15, -0.1) is 0 Å². The second kappa shape index (κ2) is 13.7. The smallest absolute Gasteiger partial charge is 0.243 e. The van der Waals surface area contributed by atoms with E-state index in [1.165, 1.54) is 65.0 Å². The van der Waals surface area contributed by atoms with Gasteiger partial charge in [0.1, 0.15) is 17.5 Å². The van der Waals surface area contributed by atoms with Gasteiger partial charge in [0.05, 0.1) is 10.9 Å². The molecule has 1 fully saturated rings. The van der Waals surface area contributed by atoms with Gasteiger partial charge in [-0.1, -0.05) is 48.5 Å². The Balaban J connectivity index is 1.36. The molecule has 0 bridgehead atoms. The molecule has 1 aliphatic rings. The monoisotopic (exact) mass is 622 g/mol. The van der Waals surface area contributed by atoms with Crippen molar-refractivity contribution in [2.45, 2.75) is 35.7 Å². The first-order valence-electron chi connectivity index (χ1n) is 14.3. The summed E-state index contributed by atoms with van der Waals surface area (Å²) in [6, 6.07) is 21.9. The summed E-state index contributed by atoms with van der Waals surface area (Å²) in [6.07, 6.45) is 0.437. The summed E-state index contributed by atoms with van der Waals surface area (Å²) in [5.74, 6) is -2.85. The SMILES string of the molecule is N[C@H](C(=O)Nc1cccc(F)c1CC[C@H]1CNCCN1S(=O)(=O)c1ccccc1)C(c1ccc(F)cc1)c1ccc(F)cc1. The molecule has 4 N–H and O–H groups in total. The molecule has 4 aromatic rings. The maximum Gasteiger partial charge on any atom is 0.243 e. The first-order chi connectivity index (χ1) is 21.1. The van der Waals surface area contributed by atoms with Crippen LogP contribution in [0.5, 0.6) is 0 Å². The van der Waals surface area contributed by atoms with Crippen LogP contribution in [0.4, 0.5) is 18.9 Å². The van der Waals surface area contributed by atoms with Gasteiger partial charge in [-0.3, -0.25) is 4.79 Å². The fraction of sp³-hybridized carbons (Fsp3) is 0.242. The minimum atomic E-state index is -3.77. The van der Waals surface area contributed by atoms with Crippen molar-refractivity contribution in [2.24, 2.45) is 5.73 Å². The Morgan fingerprint density at radius 1 is 0.886 bits per heavy atom. The van der Waals surface area contributed by atoms with Crippen LogP contribution in [-0.2, 0) is 21.2 Å². The molecular weight excluding hydrogens is 589 g/mol. The molecule has 0 saturated carbocycles. The maximum absolute atomic E-state index is 15.2. The summed E-state index contributed by atoms with van der Waals surface area (Å²) in [7, 11) is -3.77. The Labute approximate surface area is 254 Å². The largest absolute Gasteiger partial charge is 0.324 e. The second-order valence-electron chi connectivity index (χ2n) is 10.7. The molecule has 5 rings (SSSR count). The molecular formula is C33H33F3N4O3S. The van der Waals surface area contributed by atoms with Crippen molar-refractivity contribution in [3.63, 3.8) is 0 Å². The molecule has 230 valence electrons. The lowest BCUT2D eigenvalue weighted by molar-refractivity contribution is -0.117. The standard InChI is InChI=1S/C33H33F3N4O3S/c34-24-13-9-22(10-14-24)31(23-11-15-25(35)16-12-23)32(37)33(41)39-30-8-4-7-29(36)28(30)18-17-26-21-38-19-20-40(26)44(42,43)27-5-2-1-3-6-27/h1-16,26,31-32,38H,17-21,37H2,(H,39,41)/t26-,32-/m0/s1. The van der Waals surface area contributed by atoms with Crippen molar-refractivity contribution >= 4 is 21.6 Å². The van der Waals surface area contributed by atoms with Crippen molar-refractivity contribution in [3.8, 4) is 0 Å². The van der Waals surface area contributed by atoms with Crippen molar-refractivity contribution in [1.29, 1.82) is 0 Å². The summed E-state index contributed by atoms with van der Waals surface area (Å²) in [6.45, 7) is 1.15. The first kappa shape index (κ1) is 31.4.